The Morgan fingerprint density at radius 2 is 1.68 bits per heavy atom. The molecule has 0 radical (unpaired) electrons. The van der Waals surface area contributed by atoms with Crippen LogP contribution in [0.15, 0.2) is 63.7 Å². The van der Waals surface area contributed by atoms with Gasteiger partial charge in [-0.3, -0.25) is 4.79 Å². The summed E-state index contributed by atoms with van der Waals surface area (Å²) in [5, 5.41) is 12.2. The topological polar surface area (TPSA) is 107 Å². The van der Waals surface area contributed by atoms with Crippen molar-refractivity contribution in [2.45, 2.75) is 26.0 Å². The number of carboxylic acids is 1. The molecular formula is C27H27Cl2NO7. The Kier molecular flexibility index (Phi) is 10.0. The SMILES string of the molecule is CCOCc1cc(OC)c(-c2ccc(C[C@H](NC(=O)C(=C(Cl)Cl)c3ccco3)C(=O)O)cc2)c(OC)c1. The minimum Gasteiger partial charge on any atom is -0.496 e. The minimum atomic E-state index is -1.24. The molecule has 0 unspecified atom stereocenters. The second kappa shape index (κ2) is 13.2. The summed E-state index contributed by atoms with van der Waals surface area (Å²) in [6, 6.07) is 12.8. The van der Waals surface area contributed by atoms with Gasteiger partial charge in [0.05, 0.1) is 32.7 Å². The van der Waals surface area contributed by atoms with E-state index in [4.69, 9.17) is 41.8 Å². The maximum absolute atomic E-state index is 12.8. The number of ether oxygens (including phenoxy) is 3. The van der Waals surface area contributed by atoms with E-state index in [1.165, 1.54) is 12.3 Å². The third-order valence-corrected chi connectivity index (χ3v) is 5.89. The highest BCUT2D eigenvalue weighted by atomic mass is 35.5. The lowest BCUT2D eigenvalue weighted by Crippen LogP contribution is -2.42. The van der Waals surface area contributed by atoms with E-state index in [0.717, 1.165) is 16.7 Å². The maximum Gasteiger partial charge on any atom is 0.326 e. The van der Waals surface area contributed by atoms with Gasteiger partial charge in [0.15, 0.2) is 0 Å². The second-order valence-corrected chi connectivity index (χ2v) is 8.84. The predicted molar refractivity (Wildman–Crippen MR) is 141 cm³/mol. The summed E-state index contributed by atoms with van der Waals surface area (Å²) in [5.41, 5.74) is 3.01. The monoisotopic (exact) mass is 547 g/mol. The second-order valence-electron chi connectivity index (χ2n) is 7.89. The van der Waals surface area contributed by atoms with Crippen LogP contribution in [0.1, 0.15) is 23.8 Å². The van der Waals surface area contributed by atoms with E-state index in [1.54, 1.807) is 32.4 Å². The number of carbonyl (C=O) groups is 2. The fourth-order valence-electron chi connectivity index (χ4n) is 3.74. The first-order chi connectivity index (χ1) is 17.8. The number of rotatable bonds is 12. The van der Waals surface area contributed by atoms with Crippen molar-refractivity contribution >= 4 is 40.7 Å². The lowest BCUT2D eigenvalue weighted by atomic mass is 9.98. The van der Waals surface area contributed by atoms with Crippen LogP contribution in [-0.4, -0.2) is 43.9 Å². The van der Waals surface area contributed by atoms with Crippen LogP contribution < -0.4 is 14.8 Å². The molecule has 0 bridgehead atoms. The molecule has 10 heteroatoms. The molecule has 0 saturated heterocycles. The highest BCUT2D eigenvalue weighted by Crippen LogP contribution is 2.40. The van der Waals surface area contributed by atoms with Gasteiger partial charge >= 0.3 is 5.97 Å². The van der Waals surface area contributed by atoms with Crippen LogP contribution in [0.3, 0.4) is 0 Å². The largest absolute Gasteiger partial charge is 0.496 e. The smallest absolute Gasteiger partial charge is 0.326 e. The average Bonchev–Trinajstić information content (AvgIpc) is 3.40. The summed E-state index contributed by atoms with van der Waals surface area (Å²) in [5.74, 6) is -0.614. The number of halogens is 2. The van der Waals surface area contributed by atoms with Crippen LogP contribution in [-0.2, 0) is 27.4 Å². The van der Waals surface area contributed by atoms with E-state index < -0.39 is 17.9 Å². The molecule has 1 atom stereocenters. The van der Waals surface area contributed by atoms with Gasteiger partial charge in [0, 0.05) is 13.0 Å². The highest BCUT2D eigenvalue weighted by molar-refractivity contribution is 6.61. The van der Waals surface area contributed by atoms with Crippen molar-refractivity contribution in [3.8, 4) is 22.6 Å². The zero-order valence-electron chi connectivity index (χ0n) is 20.5. The summed E-state index contributed by atoms with van der Waals surface area (Å²) in [6.07, 6.45) is 1.38. The van der Waals surface area contributed by atoms with Gasteiger partial charge < -0.3 is 29.1 Å². The molecule has 1 heterocycles. The lowest BCUT2D eigenvalue weighted by molar-refractivity contribution is -0.141. The molecule has 8 nitrogen and oxygen atoms in total. The summed E-state index contributed by atoms with van der Waals surface area (Å²) >= 11 is 11.7. The van der Waals surface area contributed by atoms with Crippen LogP contribution in [0.2, 0.25) is 0 Å². The molecule has 2 N–H and O–H groups in total. The standard InChI is InChI=1S/C27H27Cl2NO7/c1-4-36-15-17-13-21(34-2)23(22(14-17)35-3)18-9-7-16(8-10-18)12-19(27(32)33)30-26(31)24(25(28)29)20-6-5-11-37-20/h5-11,13-14,19H,4,12,15H2,1-3H3,(H,30,31)(H,32,33)/t19-/m0/s1. The zero-order chi connectivity index (χ0) is 26.9. The number of nitrogens with one attached hydrogen (secondary N) is 1. The van der Waals surface area contributed by atoms with E-state index in [-0.39, 0.29) is 22.2 Å². The fourth-order valence-corrected chi connectivity index (χ4v) is 4.10. The highest BCUT2D eigenvalue weighted by Gasteiger charge is 2.26. The Balaban J connectivity index is 1.82. The van der Waals surface area contributed by atoms with Gasteiger partial charge in [-0.05, 0) is 47.9 Å². The molecule has 0 fully saturated rings. The molecule has 0 aliphatic carbocycles. The van der Waals surface area contributed by atoms with Gasteiger partial charge in [0.2, 0.25) is 0 Å². The Bertz CT molecular complexity index is 1230. The number of benzene rings is 2. The van der Waals surface area contributed by atoms with Crippen molar-refractivity contribution in [3.63, 3.8) is 0 Å². The molecule has 3 rings (SSSR count). The Morgan fingerprint density at radius 1 is 1.03 bits per heavy atom. The molecule has 1 amide bonds. The number of methoxy groups -OCH3 is 2. The maximum atomic E-state index is 12.8. The number of furan rings is 1. The van der Waals surface area contributed by atoms with Crippen LogP contribution >= 0.6 is 23.2 Å². The Labute approximate surface area is 224 Å². The summed E-state index contributed by atoms with van der Waals surface area (Å²) < 4.78 is 21.6. The van der Waals surface area contributed by atoms with Crippen molar-refractivity contribution in [3.05, 3.63) is 76.2 Å². The number of carbonyl (C=O) groups excluding carboxylic acids is 1. The number of aliphatic carboxylic acids is 1. The predicted octanol–water partition coefficient (Wildman–Crippen LogP) is 5.46. The van der Waals surface area contributed by atoms with Gasteiger partial charge in [0.1, 0.15) is 33.4 Å². The Morgan fingerprint density at radius 3 is 2.16 bits per heavy atom. The molecule has 0 aliphatic rings. The normalized spacial score (nSPS) is 11.5. The van der Waals surface area contributed by atoms with Crippen molar-refractivity contribution in [1.29, 1.82) is 0 Å². The quantitative estimate of drug-likeness (QED) is 0.290. The van der Waals surface area contributed by atoms with E-state index in [0.29, 0.717) is 30.3 Å². The first-order valence-electron chi connectivity index (χ1n) is 11.3. The number of amides is 1. The number of hydrogen-bond acceptors (Lipinski definition) is 6. The van der Waals surface area contributed by atoms with Crippen LogP contribution in [0, 0.1) is 0 Å². The molecule has 2 aromatic carbocycles. The molecule has 0 saturated carbocycles. The van der Waals surface area contributed by atoms with Crippen LogP contribution in [0.25, 0.3) is 16.7 Å². The zero-order valence-corrected chi connectivity index (χ0v) is 22.1. The van der Waals surface area contributed by atoms with E-state index in [1.807, 2.05) is 31.2 Å². The van der Waals surface area contributed by atoms with Gasteiger partial charge in [-0.15, -0.1) is 0 Å². The van der Waals surface area contributed by atoms with Gasteiger partial charge in [-0.2, -0.15) is 0 Å². The van der Waals surface area contributed by atoms with Gasteiger partial charge in [-0.1, -0.05) is 47.5 Å². The van der Waals surface area contributed by atoms with E-state index in [2.05, 4.69) is 5.32 Å². The van der Waals surface area contributed by atoms with Crippen molar-refractivity contribution in [2.24, 2.45) is 0 Å². The summed E-state index contributed by atoms with van der Waals surface area (Å²) in [7, 11) is 3.16. The van der Waals surface area contributed by atoms with Crippen LogP contribution in [0.5, 0.6) is 11.5 Å². The molecule has 1 aromatic heterocycles. The lowest BCUT2D eigenvalue weighted by Gasteiger charge is -2.17. The third kappa shape index (κ3) is 7.07. The van der Waals surface area contributed by atoms with Gasteiger partial charge in [0.25, 0.3) is 5.91 Å². The first-order valence-corrected chi connectivity index (χ1v) is 12.1. The molecule has 0 spiro atoms. The molecule has 37 heavy (non-hydrogen) atoms. The molecule has 196 valence electrons. The third-order valence-electron chi connectivity index (χ3n) is 5.51. The average molecular weight is 548 g/mol. The molecule has 3 aromatic rings. The number of carboxylic acid groups (broad SMARTS) is 1. The molecule has 0 aliphatic heterocycles. The van der Waals surface area contributed by atoms with E-state index >= 15 is 0 Å². The minimum absolute atomic E-state index is 0.0221. The van der Waals surface area contributed by atoms with Crippen molar-refractivity contribution < 1.29 is 33.3 Å². The Hall–Kier alpha value is -3.46. The fraction of sp³-hybridized carbons (Fsp3) is 0.259. The molecular weight excluding hydrogens is 521 g/mol. The van der Waals surface area contributed by atoms with Gasteiger partial charge in [-0.25, -0.2) is 4.79 Å². The van der Waals surface area contributed by atoms with E-state index in [9.17, 15) is 14.7 Å². The first kappa shape index (κ1) is 28.1. The summed E-state index contributed by atoms with van der Waals surface area (Å²) in [4.78, 5) is 24.7. The van der Waals surface area contributed by atoms with Crippen LogP contribution in [0.4, 0.5) is 0 Å². The van der Waals surface area contributed by atoms with Crippen molar-refractivity contribution in [1.82, 2.24) is 5.32 Å². The number of hydrogen-bond donors (Lipinski definition) is 2. The van der Waals surface area contributed by atoms with Crippen molar-refractivity contribution in [2.75, 3.05) is 20.8 Å². The summed E-state index contributed by atoms with van der Waals surface area (Å²) in [6.45, 7) is 2.94.